The Morgan fingerprint density at radius 1 is 1.26 bits per heavy atom. The number of likely N-dealkylation sites (tertiary alicyclic amines) is 1. The van der Waals surface area contributed by atoms with Gasteiger partial charge in [-0.05, 0) is 51.9 Å². The number of ether oxygens (including phenoxy) is 1. The Morgan fingerprint density at radius 2 is 2.00 bits per heavy atom. The summed E-state index contributed by atoms with van der Waals surface area (Å²) in [6.07, 6.45) is 2.17. The first-order chi connectivity index (χ1) is 14.9. The van der Waals surface area contributed by atoms with E-state index in [0.29, 0.717) is 5.92 Å². The highest BCUT2D eigenvalue weighted by molar-refractivity contribution is 9.10. The smallest absolute Gasteiger partial charge is 0.340 e. The van der Waals surface area contributed by atoms with Crippen molar-refractivity contribution in [1.82, 2.24) is 14.5 Å². The molecule has 0 radical (unpaired) electrons. The van der Waals surface area contributed by atoms with Crippen LogP contribution in [0.15, 0.2) is 34.1 Å². The third-order valence-corrected chi connectivity index (χ3v) is 7.96. The fourth-order valence-electron chi connectivity index (χ4n) is 4.40. The Bertz CT molecular complexity index is 1100. The highest BCUT2D eigenvalue weighted by atomic mass is 79.9. The topological polar surface area (TPSA) is 47.4 Å². The third kappa shape index (κ3) is 4.49. The summed E-state index contributed by atoms with van der Waals surface area (Å²) in [5.41, 5.74) is 6.14. The van der Waals surface area contributed by atoms with Crippen LogP contribution in [0.3, 0.4) is 0 Å². The minimum atomic E-state index is -0.242. The molecular formula is C24H28BrN3O2S. The zero-order valence-electron chi connectivity index (χ0n) is 18.4. The number of hydrogen-bond acceptors (Lipinski definition) is 5. The number of carbonyl (C=O) groups is 1. The summed E-state index contributed by atoms with van der Waals surface area (Å²) in [5, 5.41) is 3.40. The number of methoxy groups -OCH3 is 1. The number of aromatic nitrogens is 2. The van der Waals surface area contributed by atoms with Gasteiger partial charge in [-0.3, -0.25) is 4.90 Å². The Kier molecular flexibility index (Phi) is 6.65. The molecule has 1 fully saturated rings. The SMILES string of the molecule is COC(=O)c1c(CN2CCC(c3nc(-c4cccc(Br)c4)cs3)CC2)c(C)n(C)c1C. The van der Waals surface area contributed by atoms with E-state index in [-0.39, 0.29) is 5.97 Å². The molecule has 2 aromatic heterocycles. The summed E-state index contributed by atoms with van der Waals surface area (Å²) in [6.45, 7) is 6.86. The molecule has 0 saturated carbocycles. The molecule has 164 valence electrons. The van der Waals surface area contributed by atoms with Crippen LogP contribution >= 0.6 is 27.3 Å². The van der Waals surface area contributed by atoms with Crippen molar-refractivity contribution in [2.45, 2.75) is 39.2 Å². The second-order valence-electron chi connectivity index (χ2n) is 8.21. The molecule has 31 heavy (non-hydrogen) atoms. The van der Waals surface area contributed by atoms with Crippen LogP contribution in [0.2, 0.25) is 0 Å². The average Bonchev–Trinajstić information content (AvgIpc) is 3.34. The maximum Gasteiger partial charge on any atom is 0.340 e. The van der Waals surface area contributed by atoms with Gasteiger partial charge in [0.2, 0.25) is 0 Å². The Labute approximate surface area is 196 Å². The molecule has 1 aromatic carbocycles. The van der Waals surface area contributed by atoms with Gasteiger partial charge in [-0.15, -0.1) is 11.3 Å². The van der Waals surface area contributed by atoms with Crippen molar-refractivity contribution in [2.75, 3.05) is 20.2 Å². The summed E-state index contributed by atoms with van der Waals surface area (Å²) < 4.78 is 8.22. The number of halogens is 1. The molecule has 0 atom stereocenters. The van der Waals surface area contributed by atoms with E-state index < -0.39 is 0 Å². The molecule has 0 spiro atoms. The summed E-state index contributed by atoms with van der Waals surface area (Å²) in [7, 11) is 3.47. The monoisotopic (exact) mass is 501 g/mol. The molecular weight excluding hydrogens is 474 g/mol. The van der Waals surface area contributed by atoms with Crippen molar-refractivity contribution in [3.05, 3.63) is 61.6 Å². The van der Waals surface area contributed by atoms with E-state index in [0.717, 1.165) is 70.7 Å². The van der Waals surface area contributed by atoms with Crippen LogP contribution in [0.25, 0.3) is 11.3 Å². The maximum absolute atomic E-state index is 12.4. The van der Waals surface area contributed by atoms with E-state index in [1.807, 2.05) is 26.1 Å². The summed E-state index contributed by atoms with van der Waals surface area (Å²) in [5.74, 6) is 0.259. The van der Waals surface area contributed by atoms with Crippen molar-refractivity contribution in [2.24, 2.45) is 7.05 Å². The predicted octanol–water partition coefficient (Wildman–Crippen LogP) is 5.69. The van der Waals surface area contributed by atoms with Crippen molar-refractivity contribution in [1.29, 1.82) is 0 Å². The lowest BCUT2D eigenvalue weighted by atomic mass is 9.96. The molecule has 1 aliphatic rings. The summed E-state index contributed by atoms with van der Waals surface area (Å²) >= 11 is 5.32. The van der Waals surface area contributed by atoms with E-state index in [4.69, 9.17) is 9.72 Å². The number of rotatable bonds is 5. The molecule has 0 unspecified atom stereocenters. The highest BCUT2D eigenvalue weighted by Gasteiger charge is 2.27. The van der Waals surface area contributed by atoms with Gasteiger partial charge in [-0.2, -0.15) is 0 Å². The number of hydrogen-bond donors (Lipinski definition) is 0. The summed E-state index contributed by atoms with van der Waals surface area (Å²) in [4.78, 5) is 19.8. The van der Waals surface area contributed by atoms with E-state index in [1.54, 1.807) is 11.3 Å². The van der Waals surface area contributed by atoms with Gasteiger partial charge < -0.3 is 9.30 Å². The van der Waals surface area contributed by atoms with Gasteiger partial charge in [0.15, 0.2) is 0 Å². The van der Waals surface area contributed by atoms with Crippen LogP contribution in [0.1, 0.15) is 51.1 Å². The van der Waals surface area contributed by atoms with Crippen molar-refractivity contribution in [3.63, 3.8) is 0 Å². The first kappa shape index (κ1) is 22.2. The quantitative estimate of drug-likeness (QED) is 0.421. The normalized spacial score (nSPS) is 15.4. The zero-order chi connectivity index (χ0) is 22.1. The lowest BCUT2D eigenvalue weighted by Crippen LogP contribution is -2.33. The van der Waals surface area contributed by atoms with E-state index in [9.17, 15) is 4.79 Å². The number of nitrogens with zero attached hydrogens (tertiary/aromatic N) is 3. The number of carbonyl (C=O) groups excluding carboxylic acids is 1. The van der Waals surface area contributed by atoms with Crippen LogP contribution in [0.4, 0.5) is 0 Å². The van der Waals surface area contributed by atoms with Gasteiger partial charge in [0.1, 0.15) is 0 Å². The largest absolute Gasteiger partial charge is 0.465 e. The number of piperidine rings is 1. The Hall–Kier alpha value is -1.96. The van der Waals surface area contributed by atoms with Crippen LogP contribution < -0.4 is 0 Å². The molecule has 5 nitrogen and oxygen atoms in total. The number of thiazole rings is 1. The van der Waals surface area contributed by atoms with Crippen LogP contribution in [0.5, 0.6) is 0 Å². The van der Waals surface area contributed by atoms with E-state index in [1.165, 1.54) is 12.1 Å². The second-order valence-corrected chi connectivity index (χ2v) is 10.0. The second kappa shape index (κ2) is 9.27. The van der Waals surface area contributed by atoms with Crippen LogP contribution in [-0.2, 0) is 18.3 Å². The molecule has 1 saturated heterocycles. The lowest BCUT2D eigenvalue weighted by Gasteiger charge is -2.31. The molecule has 3 heterocycles. The molecule has 0 aliphatic carbocycles. The van der Waals surface area contributed by atoms with Crippen molar-refractivity contribution >= 4 is 33.2 Å². The summed E-state index contributed by atoms with van der Waals surface area (Å²) in [6, 6.07) is 8.31. The minimum absolute atomic E-state index is 0.242. The van der Waals surface area contributed by atoms with E-state index >= 15 is 0 Å². The first-order valence-electron chi connectivity index (χ1n) is 10.6. The van der Waals surface area contributed by atoms with Crippen LogP contribution in [0, 0.1) is 13.8 Å². The van der Waals surface area contributed by atoms with Crippen molar-refractivity contribution in [3.8, 4) is 11.3 Å². The van der Waals surface area contributed by atoms with Gasteiger partial charge in [0, 0.05) is 51.9 Å². The molecule has 0 bridgehead atoms. The fourth-order valence-corrected chi connectivity index (χ4v) is 5.80. The van der Waals surface area contributed by atoms with Gasteiger partial charge in [-0.25, -0.2) is 9.78 Å². The fraction of sp³-hybridized carbons (Fsp3) is 0.417. The molecule has 3 aromatic rings. The molecule has 0 N–H and O–H groups in total. The first-order valence-corrected chi connectivity index (χ1v) is 12.2. The Morgan fingerprint density at radius 3 is 2.68 bits per heavy atom. The van der Waals surface area contributed by atoms with Gasteiger partial charge >= 0.3 is 5.97 Å². The molecule has 0 amide bonds. The predicted molar refractivity (Wildman–Crippen MR) is 129 cm³/mol. The Balaban J connectivity index is 1.44. The zero-order valence-corrected chi connectivity index (χ0v) is 20.8. The standard InChI is InChI=1S/C24H28BrN3O2S/c1-15-20(22(24(29)30-4)16(2)27(15)3)13-28-10-8-17(9-11-28)23-26-21(14-31-23)18-6-5-7-19(25)12-18/h5-7,12,14,17H,8-11,13H2,1-4H3. The molecule has 4 rings (SSSR count). The highest BCUT2D eigenvalue weighted by Crippen LogP contribution is 2.34. The van der Waals surface area contributed by atoms with Crippen molar-refractivity contribution < 1.29 is 9.53 Å². The molecule has 7 heteroatoms. The minimum Gasteiger partial charge on any atom is -0.465 e. The van der Waals surface area contributed by atoms with E-state index in [2.05, 4.69) is 49.8 Å². The maximum atomic E-state index is 12.4. The third-order valence-electron chi connectivity index (χ3n) is 6.46. The van der Waals surface area contributed by atoms with Gasteiger partial charge in [-0.1, -0.05) is 28.1 Å². The lowest BCUT2D eigenvalue weighted by molar-refractivity contribution is 0.0597. The molecule has 1 aliphatic heterocycles. The number of benzene rings is 1. The van der Waals surface area contributed by atoms with Gasteiger partial charge in [0.25, 0.3) is 0 Å². The average molecular weight is 502 g/mol. The van der Waals surface area contributed by atoms with Gasteiger partial charge in [0.05, 0.1) is 23.4 Å². The van der Waals surface area contributed by atoms with Crippen LogP contribution in [-0.4, -0.2) is 40.6 Å². The number of esters is 1.